The molecule has 0 aliphatic heterocycles. The van der Waals surface area contributed by atoms with Gasteiger partial charge in [-0.15, -0.1) is 5.10 Å². The summed E-state index contributed by atoms with van der Waals surface area (Å²) in [7, 11) is 0. The van der Waals surface area contributed by atoms with Crippen LogP contribution in [-0.4, -0.2) is 48.1 Å². The molecule has 0 radical (unpaired) electrons. The van der Waals surface area contributed by atoms with Gasteiger partial charge in [-0.2, -0.15) is 10.4 Å². The third-order valence-corrected chi connectivity index (χ3v) is 4.91. The molecule has 3 aromatic heterocycles. The first kappa shape index (κ1) is 18.3. The van der Waals surface area contributed by atoms with Crippen molar-refractivity contribution >= 4 is 34.1 Å². The number of rotatable bonds is 6. The minimum atomic E-state index is -0.143. The molecule has 0 unspecified atom stereocenters. The van der Waals surface area contributed by atoms with Gasteiger partial charge in [-0.05, 0) is 0 Å². The molecule has 0 aliphatic carbocycles. The molecule has 28 heavy (non-hydrogen) atoms. The predicted molar refractivity (Wildman–Crippen MR) is 103 cm³/mol. The van der Waals surface area contributed by atoms with E-state index in [2.05, 4.69) is 20.5 Å². The van der Waals surface area contributed by atoms with E-state index in [-0.39, 0.29) is 18.2 Å². The Bertz CT molecular complexity index is 1170. The van der Waals surface area contributed by atoms with Crippen LogP contribution in [0.15, 0.2) is 30.9 Å². The monoisotopic (exact) mass is 417 g/mol. The zero-order valence-corrected chi connectivity index (χ0v) is 15.8. The van der Waals surface area contributed by atoms with Gasteiger partial charge in [-0.25, -0.2) is 4.68 Å². The second-order valence-electron chi connectivity index (χ2n) is 5.80. The number of fused-ring (bicyclic) bond motifs is 1. The van der Waals surface area contributed by atoms with Gasteiger partial charge >= 0.3 is 0 Å². The Kier molecular flexibility index (Phi) is 4.92. The third kappa shape index (κ3) is 3.07. The van der Waals surface area contributed by atoms with Crippen molar-refractivity contribution in [3.63, 3.8) is 0 Å². The van der Waals surface area contributed by atoms with Crippen molar-refractivity contribution in [1.82, 2.24) is 29.8 Å². The van der Waals surface area contributed by atoms with E-state index in [1.54, 1.807) is 29.2 Å². The summed E-state index contributed by atoms with van der Waals surface area (Å²) in [5, 5.41) is 34.2. The first-order chi connectivity index (χ1) is 13.6. The van der Waals surface area contributed by atoms with Crippen molar-refractivity contribution in [3.8, 4) is 28.8 Å². The van der Waals surface area contributed by atoms with Gasteiger partial charge in [0, 0.05) is 29.6 Å². The number of nitrogens with one attached hydrogen (secondary N) is 1. The average Bonchev–Trinajstić information content (AvgIpc) is 3.42. The van der Waals surface area contributed by atoms with E-state index >= 15 is 0 Å². The molecule has 0 amide bonds. The number of halogens is 2. The summed E-state index contributed by atoms with van der Waals surface area (Å²) in [6, 6.07) is 3.54. The van der Waals surface area contributed by atoms with Gasteiger partial charge in [0.1, 0.15) is 11.8 Å². The quantitative estimate of drug-likeness (QED) is 0.497. The molecule has 0 bridgehead atoms. The van der Waals surface area contributed by atoms with Crippen LogP contribution in [0.25, 0.3) is 27.8 Å². The maximum absolute atomic E-state index is 9.11. The van der Waals surface area contributed by atoms with Crippen LogP contribution in [-0.2, 0) is 6.54 Å². The van der Waals surface area contributed by atoms with Crippen molar-refractivity contribution in [2.24, 2.45) is 0 Å². The summed E-state index contributed by atoms with van der Waals surface area (Å²) in [5.74, 6) is 0.909. The van der Waals surface area contributed by atoms with E-state index in [4.69, 9.17) is 38.3 Å². The fourth-order valence-corrected chi connectivity index (χ4v) is 3.40. The van der Waals surface area contributed by atoms with Gasteiger partial charge in [0.25, 0.3) is 0 Å². The molecular weight excluding hydrogens is 405 g/mol. The van der Waals surface area contributed by atoms with Crippen LogP contribution in [0.4, 0.5) is 0 Å². The highest BCUT2D eigenvalue weighted by molar-refractivity contribution is 6.45. The Balaban J connectivity index is 2.02. The molecule has 0 spiro atoms. The number of H-pyrrole nitrogens is 1. The number of nitriles is 1. The highest BCUT2D eigenvalue weighted by Crippen LogP contribution is 2.44. The number of aromatic amines is 1. The van der Waals surface area contributed by atoms with Gasteiger partial charge in [0.05, 0.1) is 46.5 Å². The van der Waals surface area contributed by atoms with E-state index in [1.165, 1.54) is 4.68 Å². The Hall–Kier alpha value is -3.06. The summed E-state index contributed by atoms with van der Waals surface area (Å²) in [6.07, 6.45) is 6.91. The van der Waals surface area contributed by atoms with Crippen LogP contribution in [0, 0.1) is 11.3 Å². The fraction of sp³-hybridized carbons (Fsp3) is 0.176. The lowest BCUT2D eigenvalue weighted by Crippen LogP contribution is -2.02. The zero-order valence-electron chi connectivity index (χ0n) is 14.3. The van der Waals surface area contributed by atoms with Gasteiger partial charge in [0.2, 0.25) is 0 Å². The van der Waals surface area contributed by atoms with E-state index in [0.29, 0.717) is 34.0 Å². The van der Waals surface area contributed by atoms with E-state index in [0.717, 1.165) is 11.1 Å². The number of aliphatic hydroxyl groups is 1. The fourth-order valence-electron chi connectivity index (χ4n) is 2.97. The lowest BCUT2D eigenvalue weighted by molar-refractivity contribution is 0.268. The topological polar surface area (TPSA) is 118 Å². The molecule has 1 aromatic carbocycles. The Labute approximate surface area is 168 Å². The van der Waals surface area contributed by atoms with Crippen LogP contribution in [0.5, 0.6) is 5.75 Å². The SMILES string of the molecule is N#CCOc1cc(Cl)c(Cl)c2c1c(-c1cn[nH]c1)cn2-c1cn(CCO)nn1. The van der Waals surface area contributed by atoms with Gasteiger partial charge in [-0.3, -0.25) is 9.67 Å². The molecule has 2 N–H and O–H groups in total. The maximum Gasteiger partial charge on any atom is 0.179 e. The normalized spacial score (nSPS) is 11.1. The minimum Gasteiger partial charge on any atom is -0.478 e. The van der Waals surface area contributed by atoms with Crippen LogP contribution in [0.3, 0.4) is 0 Å². The van der Waals surface area contributed by atoms with Crippen LogP contribution >= 0.6 is 23.2 Å². The molecule has 142 valence electrons. The van der Waals surface area contributed by atoms with Crippen LogP contribution in [0.2, 0.25) is 10.0 Å². The Morgan fingerprint density at radius 1 is 1.32 bits per heavy atom. The molecule has 4 aromatic rings. The lowest BCUT2D eigenvalue weighted by atomic mass is 10.1. The minimum absolute atomic E-state index is 0.0613. The number of hydrogen-bond donors (Lipinski definition) is 2. The first-order valence-electron chi connectivity index (χ1n) is 8.17. The molecule has 0 atom stereocenters. The first-order valence-corrected chi connectivity index (χ1v) is 8.93. The van der Waals surface area contributed by atoms with Gasteiger partial charge < -0.3 is 9.84 Å². The maximum atomic E-state index is 9.11. The molecule has 0 aliphatic rings. The number of nitrogens with zero attached hydrogens (tertiary/aromatic N) is 6. The second kappa shape index (κ2) is 7.52. The zero-order chi connectivity index (χ0) is 19.7. The predicted octanol–water partition coefficient (Wildman–Crippen LogP) is 2.81. The summed E-state index contributed by atoms with van der Waals surface area (Å²) in [5.41, 5.74) is 2.13. The van der Waals surface area contributed by atoms with E-state index < -0.39 is 0 Å². The average molecular weight is 418 g/mol. The van der Waals surface area contributed by atoms with Crippen molar-refractivity contribution < 1.29 is 9.84 Å². The summed E-state index contributed by atoms with van der Waals surface area (Å²) in [4.78, 5) is 0. The Morgan fingerprint density at radius 3 is 2.89 bits per heavy atom. The summed E-state index contributed by atoms with van der Waals surface area (Å²) >= 11 is 12.9. The highest BCUT2D eigenvalue weighted by atomic mass is 35.5. The van der Waals surface area contributed by atoms with Crippen LogP contribution < -0.4 is 4.74 Å². The molecule has 11 heteroatoms. The number of aliphatic hydroxyl groups excluding tert-OH is 1. The summed E-state index contributed by atoms with van der Waals surface area (Å²) < 4.78 is 8.87. The van der Waals surface area contributed by atoms with Crippen molar-refractivity contribution in [2.75, 3.05) is 13.2 Å². The van der Waals surface area contributed by atoms with Crippen LogP contribution in [0.1, 0.15) is 0 Å². The van der Waals surface area contributed by atoms with E-state index in [1.807, 2.05) is 12.3 Å². The molecule has 4 rings (SSSR count). The standard InChI is InChI=1S/C17H13Cl2N7O2/c18-12-5-13(28-4-1-20)15-11(10-6-21-22-7-10)8-26(17(15)16(12)19)14-9-25(2-3-27)24-23-14/h5-9,27H,2-4H2,(H,21,22). The number of aromatic nitrogens is 6. The van der Waals surface area contributed by atoms with Gasteiger partial charge in [-0.1, -0.05) is 28.4 Å². The highest BCUT2D eigenvalue weighted by Gasteiger charge is 2.22. The third-order valence-electron chi connectivity index (χ3n) is 4.13. The molecule has 0 saturated heterocycles. The van der Waals surface area contributed by atoms with Crippen molar-refractivity contribution in [1.29, 1.82) is 5.26 Å². The molecular formula is C17H13Cl2N7O2. The van der Waals surface area contributed by atoms with E-state index in [9.17, 15) is 0 Å². The largest absolute Gasteiger partial charge is 0.478 e. The van der Waals surface area contributed by atoms with Crippen molar-refractivity contribution in [2.45, 2.75) is 6.54 Å². The number of benzene rings is 1. The molecule has 0 saturated carbocycles. The van der Waals surface area contributed by atoms with Gasteiger partial charge in [0.15, 0.2) is 12.4 Å². The molecule has 0 fully saturated rings. The smallest absolute Gasteiger partial charge is 0.179 e. The molecule has 9 nitrogen and oxygen atoms in total. The van der Waals surface area contributed by atoms with Crippen molar-refractivity contribution in [3.05, 3.63) is 40.9 Å². The summed E-state index contributed by atoms with van der Waals surface area (Å²) in [6.45, 7) is 0.107. The lowest BCUT2D eigenvalue weighted by Gasteiger charge is -2.09. The second-order valence-corrected chi connectivity index (χ2v) is 6.59. The number of ether oxygens (including phenoxy) is 1. The Morgan fingerprint density at radius 2 is 2.18 bits per heavy atom. The molecule has 3 heterocycles. The number of hydrogen-bond acceptors (Lipinski definition) is 6.